The maximum absolute atomic E-state index is 13.3. The van der Waals surface area contributed by atoms with Crippen LogP contribution in [-0.4, -0.2) is 36.3 Å². The number of nitrogens with one attached hydrogen (secondary N) is 3. The van der Waals surface area contributed by atoms with Crippen molar-refractivity contribution in [2.75, 3.05) is 25.1 Å². The molecule has 7 heteroatoms. The third-order valence-corrected chi connectivity index (χ3v) is 8.69. The summed E-state index contributed by atoms with van der Waals surface area (Å²) in [7, 11) is 0. The Morgan fingerprint density at radius 1 is 1.18 bits per heavy atom. The predicted octanol–water partition coefficient (Wildman–Crippen LogP) is 7.16. The minimum Gasteiger partial charge on any atom is -0.508 e. The molecule has 39 heavy (non-hydrogen) atoms. The summed E-state index contributed by atoms with van der Waals surface area (Å²) >= 11 is 1.68. The van der Waals surface area contributed by atoms with Crippen LogP contribution in [0.3, 0.4) is 0 Å². The number of unbranched alkanes of at least 4 members (excludes halogenated alkanes) is 1. The van der Waals surface area contributed by atoms with Gasteiger partial charge in [0.2, 0.25) is 0 Å². The van der Waals surface area contributed by atoms with E-state index in [0.717, 1.165) is 79.7 Å². The number of phenols is 1. The second-order valence-electron chi connectivity index (χ2n) is 11.7. The normalized spacial score (nSPS) is 16.5. The van der Waals surface area contributed by atoms with E-state index in [0.29, 0.717) is 12.1 Å². The van der Waals surface area contributed by atoms with Crippen LogP contribution in [0.25, 0.3) is 5.57 Å². The lowest BCUT2D eigenvalue weighted by Gasteiger charge is -2.26. The molecule has 4 rings (SSSR count). The smallest absolute Gasteiger partial charge is 0.342 e. The quantitative estimate of drug-likeness (QED) is 0.185. The van der Waals surface area contributed by atoms with Crippen molar-refractivity contribution in [3.63, 3.8) is 0 Å². The minimum absolute atomic E-state index is 0.249. The zero-order valence-electron chi connectivity index (χ0n) is 24.3. The van der Waals surface area contributed by atoms with Crippen LogP contribution in [0.1, 0.15) is 99.5 Å². The maximum atomic E-state index is 13.3. The minimum atomic E-state index is -0.546. The molecule has 4 N–H and O–H groups in total. The predicted molar refractivity (Wildman–Crippen MR) is 162 cm³/mol. The third kappa shape index (κ3) is 7.53. The first kappa shape index (κ1) is 29.4. The molecule has 0 saturated heterocycles. The fourth-order valence-corrected chi connectivity index (χ4v) is 6.77. The molecule has 1 aromatic heterocycles. The van der Waals surface area contributed by atoms with Crippen LogP contribution < -0.4 is 16.2 Å². The lowest BCUT2D eigenvalue weighted by Crippen LogP contribution is -2.31. The van der Waals surface area contributed by atoms with Crippen LogP contribution in [0.5, 0.6) is 5.75 Å². The average molecular weight is 552 g/mol. The van der Waals surface area contributed by atoms with Gasteiger partial charge >= 0.3 is 5.97 Å². The number of esters is 1. The molecule has 2 heterocycles. The monoisotopic (exact) mass is 551 g/mol. The second-order valence-corrected chi connectivity index (χ2v) is 12.8. The second kappa shape index (κ2) is 13.2. The number of allylic oxidation sites excluding steroid dienone is 1. The number of aromatic hydroxyl groups is 1. The summed E-state index contributed by atoms with van der Waals surface area (Å²) < 4.78 is 5.82. The highest BCUT2D eigenvalue weighted by molar-refractivity contribution is 7.16. The lowest BCUT2D eigenvalue weighted by molar-refractivity contribution is 0.00697. The molecular weight excluding hydrogens is 506 g/mol. The third-order valence-electron chi connectivity index (χ3n) is 7.49. The molecule has 2 aliphatic rings. The summed E-state index contributed by atoms with van der Waals surface area (Å²) in [5.41, 5.74) is 14.5. The van der Waals surface area contributed by atoms with E-state index >= 15 is 0 Å². The molecule has 6 nitrogen and oxygen atoms in total. The van der Waals surface area contributed by atoms with Crippen molar-refractivity contribution in [3.05, 3.63) is 62.6 Å². The van der Waals surface area contributed by atoms with Crippen molar-refractivity contribution in [2.45, 2.75) is 91.6 Å². The number of ether oxygens (including phenoxy) is 1. The van der Waals surface area contributed by atoms with Gasteiger partial charge in [0.25, 0.3) is 0 Å². The Hall–Kier alpha value is -2.61. The SMILES string of the molecule is CCCCC1=C(/C(CNNc2sc3c(c2C(=O)OC(C)(C)C)CCCC3)=C(\C)c2cccc(O)c2)CCNC1. The van der Waals surface area contributed by atoms with Gasteiger partial charge in [0, 0.05) is 18.0 Å². The van der Waals surface area contributed by atoms with Gasteiger partial charge in [-0.25, -0.2) is 10.2 Å². The Labute approximate surface area is 237 Å². The van der Waals surface area contributed by atoms with E-state index < -0.39 is 5.60 Å². The van der Waals surface area contributed by atoms with Gasteiger partial charge in [0.15, 0.2) is 0 Å². The molecule has 0 atom stereocenters. The van der Waals surface area contributed by atoms with Crippen molar-refractivity contribution < 1.29 is 14.6 Å². The number of carbonyl (C=O) groups is 1. The summed E-state index contributed by atoms with van der Waals surface area (Å²) in [6, 6.07) is 7.51. The Bertz CT molecular complexity index is 1240. The number of rotatable bonds is 10. The van der Waals surface area contributed by atoms with E-state index in [2.05, 4.69) is 36.1 Å². The molecule has 0 amide bonds. The van der Waals surface area contributed by atoms with Crippen molar-refractivity contribution in [1.82, 2.24) is 10.7 Å². The first-order chi connectivity index (χ1) is 18.7. The number of benzene rings is 1. The van der Waals surface area contributed by atoms with Crippen molar-refractivity contribution in [3.8, 4) is 5.75 Å². The summed E-state index contributed by atoms with van der Waals surface area (Å²) in [6.07, 6.45) is 8.59. The molecule has 0 fully saturated rings. The molecule has 212 valence electrons. The maximum Gasteiger partial charge on any atom is 0.342 e. The molecule has 0 bridgehead atoms. The van der Waals surface area contributed by atoms with Gasteiger partial charge in [-0.15, -0.1) is 11.3 Å². The first-order valence-electron chi connectivity index (χ1n) is 14.5. The Balaban J connectivity index is 1.65. The van der Waals surface area contributed by atoms with E-state index in [1.807, 2.05) is 32.9 Å². The molecule has 2 aromatic rings. The molecule has 1 aliphatic carbocycles. The van der Waals surface area contributed by atoms with Gasteiger partial charge in [0.1, 0.15) is 16.4 Å². The number of phenolic OH excluding ortho intramolecular Hbond substituents is 1. The van der Waals surface area contributed by atoms with E-state index in [1.54, 1.807) is 17.4 Å². The van der Waals surface area contributed by atoms with Crippen LogP contribution in [0, 0.1) is 0 Å². The summed E-state index contributed by atoms with van der Waals surface area (Å²) in [5, 5.41) is 14.6. The van der Waals surface area contributed by atoms with Crippen molar-refractivity contribution in [2.24, 2.45) is 0 Å². The number of anilines is 1. The number of hydrogen-bond acceptors (Lipinski definition) is 7. The fourth-order valence-electron chi connectivity index (χ4n) is 5.52. The van der Waals surface area contributed by atoms with Crippen molar-refractivity contribution in [1.29, 1.82) is 0 Å². The topological polar surface area (TPSA) is 82.6 Å². The van der Waals surface area contributed by atoms with E-state index in [-0.39, 0.29) is 11.7 Å². The Kier molecular flexibility index (Phi) is 9.91. The van der Waals surface area contributed by atoms with Gasteiger partial charge in [0.05, 0.1) is 5.56 Å². The van der Waals surface area contributed by atoms with Gasteiger partial charge in [-0.2, -0.15) is 0 Å². The van der Waals surface area contributed by atoms with Crippen LogP contribution in [0.15, 0.2) is 41.0 Å². The van der Waals surface area contributed by atoms with Crippen LogP contribution in [0.4, 0.5) is 5.00 Å². The van der Waals surface area contributed by atoms with E-state index in [9.17, 15) is 9.90 Å². The lowest BCUT2D eigenvalue weighted by atomic mass is 9.87. The molecular formula is C32H45N3O3S. The number of fused-ring (bicyclic) bond motifs is 1. The molecule has 1 aliphatic heterocycles. The molecule has 0 radical (unpaired) electrons. The van der Waals surface area contributed by atoms with Crippen LogP contribution in [-0.2, 0) is 17.6 Å². The highest BCUT2D eigenvalue weighted by Crippen LogP contribution is 2.39. The molecule has 1 aromatic carbocycles. The number of thiophene rings is 1. The zero-order chi connectivity index (χ0) is 28.0. The molecule has 0 unspecified atom stereocenters. The highest BCUT2D eigenvalue weighted by atomic mass is 32.1. The van der Waals surface area contributed by atoms with Gasteiger partial charge in [-0.1, -0.05) is 31.1 Å². The number of aryl methyl sites for hydroxylation is 1. The standard InChI is InChI=1S/C32H45N3O3S/c1-6-7-11-23-19-33-17-16-25(23)27(21(2)22-12-10-13-24(36)18-22)20-34-35-30-29(31(37)38-32(3,4)5)26-14-8-9-15-28(26)39-30/h10,12-13,18,33-36H,6-9,11,14-17,19-20H2,1-5H3/b27-21+. The summed E-state index contributed by atoms with van der Waals surface area (Å²) in [6.45, 7) is 12.6. The van der Waals surface area contributed by atoms with Gasteiger partial charge in [-0.3, -0.25) is 0 Å². The zero-order valence-corrected chi connectivity index (χ0v) is 25.1. The Morgan fingerprint density at radius 2 is 1.97 bits per heavy atom. The number of carbonyl (C=O) groups excluding carboxylic acids is 1. The van der Waals surface area contributed by atoms with Gasteiger partial charge in [-0.05, 0) is 119 Å². The average Bonchev–Trinajstić information content (AvgIpc) is 3.27. The summed E-state index contributed by atoms with van der Waals surface area (Å²) in [4.78, 5) is 14.6. The molecule has 0 spiro atoms. The largest absolute Gasteiger partial charge is 0.508 e. The van der Waals surface area contributed by atoms with Crippen molar-refractivity contribution >= 4 is 27.9 Å². The highest BCUT2D eigenvalue weighted by Gasteiger charge is 2.29. The summed E-state index contributed by atoms with van der Waals surface area (Å²) in [5.74, 6) is 0.0229. The van der Waals surface area contributed by atoms with E-state index in [1.165, 1.54) is 28.0 Å². The number of hydrogen-bond donors (Lipinski definition) is 4. The van der Waals surface area contributed by atoms with Gasteiger partial charge < -0.3 is 20.6 Å². The first-order valence-corrected chi connectivity index (χ1v) is 15.3. The Morgan fingerprint density at radius 3 is 2.72 bits per heavy atom. The van der Waals surface area contributed by atoms with E-state index in [4.69, 9.17) is 4.74 Å². The van der Waals surface area contributed by atoms with Crippen LogP contribution in [0.2, 0.25) is 0 Å². The molecule has 0 saturated carbocycles. The number of hydrazine groups is 1. The fraction of sp³-hybridized carbons (Fsp3) is 0.531. The van der Waals surface area contributed by atoms with Crippen LogP contribution >= 0.6 is 11.3 Å².